The molecule has 88 valence electrons. The van der Waals surface area contributed by atoms with Crippen LogP contribution in [0, 0.1) is 0 Å². The summed E-state index contributed by atoms with van der Waals surface area (Å²) in [7, 11) is 0. The Morgan fingerprint density at radius 3 is 2.94 bits per heavy atom. The molecular weight excluding hydrogens is 200 g/mol. The maximum absolute atomic E-state index is 5.38. The number of hydrogen-bond acceptors (Lipinski definition) is 3. The van der Waals surface area contributed by atoms with Crippen LogP contribution in [0.2, 0.25) is 0 Å². The van der Waals surface area contributed by atoms with E-state index in [4.69, 9.17) is 9.72 Å². The highest BCUT2D eigenvalue weighted by molar-refractivity contribution is 5.15. The molecule has 0 unspecified atom stereocenters. The first-order valence-corrected chi connectivity index (χ1v) is 6.14. The van der Waals surface area contributed by atoms with Gasteiger partial charge in [0, 0.05) is 31.4 Å². The first-order chi connectivity index (χ1) is 7.90. The largest absolute Gasteiger partial charge is 0.381 e. The lowest BCUT2D eigenvalue weighted by Crippen LogP contribution is -2.17. The number of nitrogens with one attached hydrogen (secondary N) is 1. The van der Waals surface area contributed by atoms with Crippen LogP contribution in [-0.4, -0.2) is 24.7 Å². The third kappa shape index (κ3) is 3.03. The minimum Gasteiger partial charge on any atom is -0.381 e. The van der Waals surface area contributed by atoms with Gasteiger partial charge in [0.2, 0.25) is 0 Å². The number of hydrogen-bond donors (Lipinski definition) is 1. The van der Waals surface area contributed by atoms with Gasteiger partial charge in [0.15, 0.2) is 0 Å². The molecule has 0 bridgehead atoms. The Balaban J connectivity index is 2.02. The second-order valence-corrected chi connectivity index (χ2v) is 4.22. The van der Waals surface area contributed by atoms with Crippen molar-refractivity contribution >= 4 is 0 Å². The Morgan fingerprint density at radius 2 is 2.19 bits per heavy atom. The molecule has 1 aromatic heterocycles. The van der Waals surface area contributed by atoms with Crippen LogP contribution in [0.4, 0.5) is 0 Å². The Morgan fingerprint density at radius 1 is 1.38 bits per heavy atom. The standard InChI is InChI=1S/C13H20N2O/c1-2-14-10-12-4-3-5-13(15-12)11-6-8-16-9-7-11/h3-5,11,14H,2,6-10H2,1H3. The van der Waals surface area contributed by atoms with Crippen molar-refractivity contribution < 1.29 is 4.74 Å². The summed E-state index contributed by atoms with van der Waals surface area (Å²) in [6.07, 6.45) is 2.22. The van der Waals surface area contributed by atoms with Crippen molar-refractivity contribution in [1.29, 1.82) is 0 Å². The summed E-state index contributed by atoms with van der Waals surface area (Å²) in [4.78, 5) is 4.72. The van der Waals surface area contributed by atoms with Crippen molar-refractivity contribution in [1.82, 2.24) is 10.3 Å². The average molecular weight is 220 g/mol. The van der Waals surface area contributed by atoms with Crippen molar-refractivity contribution in [2.45, 2.75) is 32.2 Å². The molecule has 0 radical (unpaired) electrons. The van der Waals surface area contributed by atoms with Crippen LogP contribution in [0.3, 0.4) is 0 Å². The second kappa shape index (κ2) is 5.97. The van der Waals surface area contributed by atoms with E-state index in [0.717, 1.165) is 44.8 Å². The molecule has 0 aromatic carbocycles. The predicted molar refractivity (Wildman–Crippen MR) is 64.4 cm³/mol. The van der Waals surface area contributed by atoms with Gasteiger partial charge in [-0.25, -0.2) is 0 Å². The molecule has 0 atom stereocenters. The summed E-state index contributed by atoms with van der Waals surface area (Å²) < 4.78 is 5.38. The van der Waals surface area contributed by atoms with Gasteiger partial charge >= 0.3 is 0 Å². The van der Waals surface area contributed by atoms with Crippen LogP contribution < -0.4 is 5.32 Å². The number of nitrogens with zero attached hydrogens (tertiary/aromatic N) is 1. The Kier molecular flexibility index (Phi) is 4.31. The summed E-state index contributed by atoms with van der Waals surface area (Å²) in [5.74, 6) is 0.593. The van der Waals surface area contributed by atoms with E-state index in [1.54, 1.807) is 0 Å². The smallest absolute Gasteiger partial charge is 0.0545 e. The molecule has 3 nitrogen and oxygen atoms in total. The van der Waals surface area contributed by atoms with Crippen molar-refractivity contribution in [3.05, 3.63) is 29.6 Å². The lowest BCUT2D eigenvalue weighted by molar-refractivity contribution is 0.0844. The van der Waals surface area contributed by atoms with E-state index in [-0.39, 0.29) is 0 Å². The number of ether oxygens (including phenoxy) is 1. The maximum atomic E-state index is 5.38. The van der Waals surface area contributed by atoms with Crippen molar-refractivity contribution in [2.24, 2.45) is 0 Å². The van der Waals surface area contributed by atoms with Gasteiger partial charge in [0.05, 0.1) is 5.69 Å². The quantitative estimate of drug-likeness (QED) is 0.843. The van der Waals surface area contributed by atoms with E-state index in [0.29, 0.717) is 5.92 Å². The molecule has 0 aliphatic carbocycles. The molecule has 3 heteroatoms. The van der Waals surface area contributed by atoms with E-state index < -0.39 is 0 Å². The molecule has 1 aliphatic rings. The molecule has 1 saturated heterocycles. The number of aromatic nitrogens is 1. The van der Waals surface area contributed by atoms with E-state index in [2.05, 4.69) is 30.4 Å². The zero-order chi connectivity index (χ0) is 11.2. The highest BCUT2D eigenvalue weighted by Crippen LogP contribution is 2.25. The zero-order valence-corrected chi connectivity index (χ0v) is 9.91. The van der Waals surface area contributed by atoms with Gasteiger partial charge < -0.3 is 10.1 Å². The topological polar surface area (TPSA) is 34.1 Å². The first kappa shape index (κ1) is 11.6. The molecular formula is C13H20N2O. The SMILES string of the molecule is CCNCc1cccc(C2CCOCC2)n1. The van der Waals surface area contributed by atoms with Crippen molar-refractivity contribution in [3.63, 3.8) is 0 Å². The predicted octanol–water partition coefficient (Wildman–Crippen LogP) is 2.09. The molecule has 0 spiro atoms. The summed E-state index contributed by atoms with van der Waals surface area (Å²) in [6, 6.07) is 6.35. The van der Waals surface area contributed by atoms with Gasteiger partial charge in [-0.05, 0) is 31.5 Å². The van der Waals surface area contributed by atoms with Crippen LogP contribution in [0.5, 0.6) is 0 Å². The average Bonchev–Trinajstić information content (AvgIpc) is 2.38. The molecule has 2 heterocycles. The van der Waals surface area contributed by atoms with Crippen LogP contribution in [-0.2, 0) is 11.3 Å². The van der Waals surface area contributed by atoms with Crippen LogP contribution in [0.25, 0.3) is 0 Å². The van der Waals surface area contributed by atoms with Gasteiger partial charge in [-0.15, -0.1) is 0 Å². The maximum Gasteiger partial charge on any atom is 0.0545 e. The molecule has 0 amide bonds. The lowest BCUT2D eigenvalue weighted by atomic mass is 9.96. The summed E-state index contributed by atoms with van der Waals surface area (Å²) >= 11 is 0. The molecule has 1 fully saturated rings. The van der Waals surface area contributed by atoms with Crippen molar-refractivity contribution in [3.8, 4) is 0 Å². The Labute approximate surface area is 97.2 Å². The summed E-state index contributed by atoms with van der Waals surface area (Å²) in [5, 5.41) is 3.31. The summed E-state index contributed by atoms with van der Waals surface area (Å²) in [5.41, 5.74) is 2.38. The Bertz CT molecular complexity index is 321. The number of rotatable bonds is 4. The molecule has 2 rings (SSSR count). The molecule has 0 saturated carbocycles. The van der Waals surface area contributed by atoms with Gasteiger partial charge in [-0.3, -0.25) is 4.98 Å². The highest BCUT2D eigenvalue weighted by atomic mass is 16.5. The monoisotopic (exact) mass is 220 g/mol. The van der Waals surface area contributed by atoms with Crippen LogP contribution >= 0.6 is 0 Å². The molecule has 1 N–H and O–H groups in total. The first-order valence-electron chi connectivity index (χ1n) is 6.14. The summed E-state index contributed by atoms with van der Waals surface area (Å²) in [6.45, 7) is 5.73. The molecule has 1 aliphatic heterocycles. The third-order valence-electron chi connectivity index (χ3n) is 3.02. The third-order valence-corrected chi connectivity index (χ3v) is 3.02. The van der Waals surface area contributed by atoms with Gasteiger partial charge in [0.25, 0.3) is 0 Å². The molecule has 16 heavy (non-hydrogen) atoms. The normalized spacial score (nSPS) is 17.6. The van der Waals surface area contributed by atoms with Crippen LogP contribution in [0.15, 0.2) is 18.2 Å². The van der Waals surface area contributed by atoms with Gasteiger partial charge in [-0.1, -0.05) is 13.0 Å². The van der Waals surface area contributed by atoms with Gasteiger partial charge in [0.1, 0.15) is 0 Å². The minimum atomic E-state index is 0.593. The highest BCUT2D eigenvalue weighted by Gasteiger charge is 2.16. The van der Waals surface area contributed by atoms with E-state index in [1.165, 1.54) is 5.69 Å². The second-order valence-electron chi connectivity index (χ2n) is 4.22. The zero-order valence-electron chi connectivity index (χ0n) is 9.91. The van der Waals surface area contributed by atoms with E-state index >= 15 is 0 Å². The fourth-order valence-electron chi connectivity index (χ4n) is 2.07. The van der Waals surface area contributed by atoms with Crippen molar-refractivity contribution in [2.75, 3.05) is 19.8 Å². The van der Waals surface area contributed by atoms with Crippen LogP contribution in [0.1, 0.15) is 37.1 Å². The van der Waals surface area contributed by atoms with Gasteiger partial charge in [-0.2, -0.15) is 0 Å². The Hall–Kier alpha value is -0.930. The van der Waals surface area contributed by atoms with E-state index in [9.17, 15) is 0 Å². The van der Waals surface area contributed by atoms with E-state index in [1.807, 2.05) is 0 Å². The minimum absolute atomic E-state index is 0.593. The fourth-order valence-corrected chi connectivity index (χ4v) is 2.07. The lowest BCUT2D eigenvalue weighted by Gasteiger charge is -2.21. The number of pyridine rings is 1. The molecule has 1 aromatic rings. The fraction of sp³-hybridized carbons (Fsp3) is 0.615.